The Morgan fingerprint density at radius 2 is 1.91 bits per heavy atom. The number of benzene rings is 2. The van der Waals surface area contributed by atoms with Crippen molar-refractivity contribution in [1.29, 1.82) is 0 Å². The third-order valence-electron chi connectivity index (χ3n) is 4.73. The first-order chi connectivity index (χ1) is 15.3. The summed E-state index contributed by atoms with van der Waals surface area (Å²) in [6.45, 7) is 0. The van der Waals surface area contributed by atoms with E-state index in [2.05, 4.69) is 15.4 Å². The van der Waals surface area contributed by atoms with Gasteiger partial charge in [0.05, 0.1) is 24.7 Å². The molecule has 0 atom stereocenters. The van der Waals surface area contributed by atoms with Gasteiger partial charge in [-0.15, -0.1) is 11.8 Å². The number of nitrogens with zero attached hydrogens (tertiary/aromatic N) is 3. The van der Waals surface area contributed by atoms with Crippen LogP contribution in [0.1, 0.15) is 16.1 Å². The Morgan fingerprint density at radius 1 is 1.12 bits per heavy atom. The van der Waals surface area contributed by atoms with Crippen LogP contribution in [0.25, 0.3) is 16.9 Å². The van der Waals surface area contributed by atoms with Crippen molar-refractivity contribution in [2.24, 2.45) is 0 Å². The summed E-state index contributed by atoms with van der Waals surface area (Å²) in [6.07, 6.45) is -1.76. The summed E-state index contributed by atoms with van der Waals surface area (Å²) in [6, 6.07) is 14.5. The van der Waals surface area contributed by atoms with Crippen LogP contribution in [0.2, 0.25) is 0 Å². The Labute approximate surface area is 185 Å². The molecule has 164 valence electrons. The molecule has 32 heavy (non-hydrogen) atoms. The predicted octanol–water partition coefficient (Wildman–Crippen LogP) is 5.40. The maximum Gasteiger partial charge on any atom is 0.433 e. The molecule has 6 nitrogen and oxygen atoms in total. The molecule has 0 saturated heterocycles. The van der Waals surface area contributed by atoms with Crippen molar-refractivity contribution in [1.82, 2.24) is 14.6 Å². The molecule has 2 aromatic heterocycles. The topological polar surface area (TPSA) is 68.5 Å². The van der Waals surface area contributed by atoms with E-state index in [1.165, 1.54) is 18.9 Å². The second-order valence-corrected chi connectivity index (χ2v) is 7.55. The van der Waals surface area contributed by atoms with Crippen molar-refractivity contribution < 1.29 is 22.7 Å². The Balaban J connectivity index is 1.85. The van der Waals surface area contributed by atoms with Crippen LogP contribution in [0.15, 0.2) is 65.7 Å². The molecule has 2 heterocycles. The molecule has 0 spiro atoms. The second kappa shape index (κ2) is 8.54. The summed E-state index contributed by atoms with van der Waals surface area (Å²) in [5, 5.41) is 6.54. The van der Waals surface area contributed by atoms with Crippen molar-refractivity contribution in [3.8, 4) is 17.0 Å². The fourth-order valence-electron chi connectivity index (χ4n) is 3.19. The number of amides is 1. The molecule has 2 aromatic carbocycles. The highest BCUT2D eigenvalue weighted by Gasteiger charge is 2.36. The van der Waals surface area contributed by atoms with Crippen LogP contribution >= 0.6 is 11.8 Å². The molecule has 0 saturated carbocycles. The van der Waals surface area contributed by atoms with E-state index in [-0.39, 0.29) is 16.9 Å². The van der Waals surface area contributed by atoms with Gasteiger partial charge in [-0.05, 0) is 36.6 Å². The predicted molar refractivity (Wildman–Crippen MR) is 116 cm³/mol. The molecule has 0 aliphatic heterocycles. The van der Waals surface area contributed by atoms with E-state index in [9.17, 15) is 18.0 Å². The first-order valence-electron chi connectivity index (χ1n) is 9.36. The van der Waals surface area contributed by atoms with E-state index in [0.29, 0.717) is 21.5 Å². The number of thioether (sulfide) groups is 1. The van der Waals surface area contributed by atoms with Gasteiger partial charge in [0.1, 0.15) is 11.3 Å². The second-order valence-electron chi connectivity index (χ2n) is 6.70. The van der Waals surface area contributed by atoms with Gasteiger partial charge in [-0.2, -0.15) is 18.3 Å². The number of alkyl halides is 3. The number of anilines is 1. The molecule has 0 radical (unpaired) electrons. The lowest BCUT2D eigenvalue weighted by Gasteiger charge is -2.12. The molecule has 0 fully saturated rings. The molecular formula is C22H17F3N4O2S. The quantitative estimate of drug-likeness (QED) is 0.406. The lowest BCUT2D eigenvalue weighted by atomic mass is 10.1. The van der Waals surface area contributed by atoms with Gasteiger partial charge in [-0.25, -0.2) is 9.50 Å². The van der Waals surface area contributed by atoms with E-state index in [1.807, 2.05) is 18.4 Å². The average Bonchev–Trinajstić information content (AvgIpc) is 3.22. The Morgan fingerprint density at radius 3 is 2.62 bits per heavy atom. The summed E-state index contributed by atoms with van der Waals surface area (Å²) >= 11 is 1.44. The van der Waals surface area contributed by atoms with Crippen LogP contribution in [0.5, 0.6) is 5.75 Å². The standard InChI is InChI=1S/C22H17F3N4O2S/c1-31-14-7-5-6-13(10-14)17-11-19(22(23,24)25)29-20(27-17)15(12-26-29)21(30)28-16-8-3-4-9-18(16)32-2/h3-12H,1-2H3,(H,28,30). The van der Waals surface area contributed by atoms with Gasteiger partial charge in [0, 0.05) is 10.5 Å². The number of hydrogen-bond donors (Lipinski definition) is 1. The van der Waals surface area contributed by atoms with Crippen molar-refractivity contribution >= 4 is 29.0 Å². The van der Waals surface area contributed by atoms with E-state index >= 15 is 0 Å². The number of halogens is 3. The highest BCUT2D eigenvalue weighted by atomic mass is 32.2. The van der Waals surface area contributed by atoms with E-state index in [1.54, 1.807) is 36.4 Å². The van der Waals surface area contributed by atoms with Gasteiger partial charge in [-0.3, -0.25) is 4.79 Å². The van der Waals surface area contributed by atoms with Gasteiger partial charge < -0.3 is 10.1 Å². The minimum atomic E-state index is -4.71. The number of methoxy groups -OCH3 is 1. The molecule has 0 aliphatic rings. The zero-order valence-electron chi connectivity index (χ0n) is 17.0. The molecule has 4 aromatic rings. The Hall–Kier alpha value is -3.53. The van der Waals surface area contributed by atoms with Crippen LogP contribution in [0.4, 0.5) is 18.9 Å². The number of aromatic nitrogens is 3. The Kier molecular flexibility index (Phi) is 5.79. The van der Waals surface area contributed by atoms with Gasteiger partial charge >= 0.3 is 6.18 Å². The highest BCUT2D eigenvalue weighted by molar-refractivity contribution is 7.98. The summed E-state index contributed by atoms with van der Waals surface area (Å²) in [7, 11) is 1.46. The first-order valence-corrected chi connectivity index (χ1v) is 10.6. The SMILES string of the molecule is COc1cccc(-c2cc(C(F)(F)F)n3ncc(C(=O)Nc4ccccc4SC)c3n2)c1. The highest BCUT2D eigenvalue weighted by Crippen LogP contribution is 2.34. The Bertz CT molecular complexity index is 1300. The number of nitrogens with one attached hydrogen (secondary N) is 1. The molecule has 10 heteroatoms. The van der Waals surface area contributed by atoms with Crippen LogP contribution in [-0.4, -0.2) is 33.9 Å². The maximum absolute atomic E-state index is 13.8. The van der Waals surface area contributed by atoms with Crippen molar-refractivity contribution in [3.63, 3.8) is 0 Å². The molecule has 0 aliphatic carbocycles. The van der Waals surface area contributed by atoms with Gasteiger partial charge in [0.25, 0.3) is 5.91 Å². The third-order valence-corrected chi connectivity index (χ3v) is 5.52. The fourth-order valence-corrected chi connectivity index (χ4v) is 3.75. The normalized spacial score (nSPS) is 11.5. The maximum atomic E-state index is 13.8. The summed E-state index contributed by atoms with van der Waals surface area (Å²) < 4.78 is 47.2. The number of fused-ring (bicyclic) bond motifs is 1. The number of carbonyl (C=O) groups is 1. The smallest absolute Gasteiger partial charge is 0.433 e. The molecule has 4 rings (SSSR count). The zero-order valence-corrected chi connectivity index (χ0v) is 17.8. The molecule has 1 N–H and O–H groups in total. The first kappa shape index (κ1) is 21.7. The van der Waals surface area contributed by atoms with Crippen LogP contribution in [-0.2, 0) is 6.18 Å². The van der Waals surface area contributed by atoms with Crippen molar-refractivity contribution in [2.75, 3.05) is 18.7 Å². The van der Waals surface area contributed by atoms with Gasteiger partial charge in [-0.1, -0.05) is 24.3 Å². The van der Waals surface area contributed by atoms with E-state index in [0.717, 1.165) is 17.2 Å². The minimum absolute atomic E-state index is 0.0442. The van der Waals surface area contributed by atoms with Gasteiger partial charge in [0.2, 0.25) is 0 Å². The lowest BCUT2D eigenvalue weighted by Crippen LogP contribution is -2.16. The number of ether oxygens (including phenoxy) is 1. The summed E-state index contributed by atoms with van der Waals surface area (Å²) in [4.78, 5) is 18.1. The van der Waals surface area contributed by atoms with Crippen molar-refractivity contribution in [2.45, 2.75) is 11.1 Å². The number of carbonyl (C=O) groups excluding carboxylic acids is 1. The number of para-hydroxylation sites is 1. The van der Waals surface area contributed by atoms with Crippen LogP contribution in [0, 0.1) is 0 Å². The fraction of sp³-hybridized carbons (Fsp3) is 0.136. The van der Waals surface area contributed by atoms with E-state index in [4.69, 9.17) is 4.74 Å². The van der Waals surface area contributed by atoms with Gasteiger partial charge in [0.15, 0.2) is 11.3 Å². The molecule has 0 unspecified atom stereocenters. The lowest BCUT2D eigenvalue weighted by molar-refractivity contribution is -0.142. The monoisotopic (exact) mass is 458 g/mol. The molecular weight excluding hydrogens is 441 g/mol. The molecule has 1 amide bonds. The number of rotatable bonds is 5. The van der Waals surface area contributed by atoms with Crippen LogP contribution < -0.4 is 10.1 Å². The van der Waals surface area contributed by atoms with Crippen LogP contribution in [0.3, 0.4) is 0 Å². The third kappa shape index (κ3) is 4.13. The summed E-state index contributed by atoms with van der Waals surface area (Å²) in [5.41, 5.74) is -0.304. The van der Waals surface area contributed by atoms with Crippen molar-refractivity contribution in [3.05, 3.63) is 72.1 Å². The minimum Gasteiger partial charge on any atom is -0.497 e. The average molecular weight is 458 g/mol. The largest absolute Gasteiger partial charge is 0.497 e. The zero-order chi connectivity index (χ0) is 22.9. The van der Waals surface area contributed by atoms with E-state index < -0.39 is 17.8 Å². The molecule has 0 bridgehead atoms. The number of hydrogen-bond acceptors (Lipinski definition) is 5. The summed E-state index contributed by atoms with van der Waals surface area (Å²) in [5.74, 6) is -0.136.